The summed E-state index contributed by atoms with van der Waals surface area (Å²) in [5.74, 6) is 1.26. The number of fused-ring (bicyclic) bond motifs is 1. The molecule has 3 rings (SSSR count). The second-order valence-electron chi connectivity index (χ2n) is 4.80. The number of aromatic nitrogens is 1. The van der Waals surface area contributed by atoms with E-state index in [1.807, 2.05) is 55.5 Å². The van der Waals surface area contributed by atoms with Gasteiger partial charge in [-0.15, -0.1) is 0 Å². The maximum atomic E-state index is 7.73. The van der Waals surface area contributed by atoms with E-state index in [1.165, 1.54) is 0 Å². The molecule has 3 aromatic rings. The van der Waals surface area contributed by atoms with E-state index in [2.05, 4.69) is 4.98 Å². The van der Waals surface area contributed by atoms with Crippen molar-refractivity contribution < 1.29 is 4.74 Å². The van der Waals surface area contributed by atoms with Crippen LogP contribution in [0.15, 0.2) is 54.7 Å². The Morgan fingerprint density at radius 1 is 1.10 bits per heavy atom. The predicted octanol–water partition coefficient (Wildman–Crippen LogP) is 3.62. The predicted molar refractivity (Wildman–Crippen MR) is 84.0 cm³/mol. The zero-order valence-electron chi connectivity index (χ0n) is 11.6. The number of ether oxygens (including phenoxy) is 1. The Morgan fingerprint density at radius 2 is 1.81 bits per heavy atom. The second-order valence-corrected chi connectivity index (χ2v) is 4.80. The average Bonchev–Trinajstić information content (AvgIpc) is 2.49. The number of para-hydroxylation sites is 2. The van der Waals surface area contributed by atoms with Crippen molar-refractivity contribution in [3.05, 3.63) is 65.9 Å². The summed E-state index contributed by atoms with van der Waals surface area (Å²) in [6, 6.07) is 15.4. The fraction of sp³-hybridized carbons (Fsp3) is 0.0588. The van der Waals surface area contributed by atoms with E-state index in [0.29, 0.717) is 11.3 Å². The molecule has 0 amide bonds. The fourth-order valence-electron chi connectivity index (χ4n) is 2.20. The summed E-state index contributed by atoms with van der Waals surface area (Å²) in [4.78, 5) is 4.33. The van der Waals surface area contributed by atoms with Crippen molar-refractivity contribution in [1.82, 2.24) is 4.98 Å². The van der Waals surface area contributed by atoms with Crippen LogP contribution in [0, 0.1) is 12.3 Å². The number of nitrogens with one attached hydrogen (secondary N) is 1. The average molecular weight is 277 g/mol. The van der Waals surface area contributed by atoms with E-state index in [-0.39, 0.29) is 5.84 Å². The maximum Gasteiger partial charge on any atom is 0.149 e. The van der Waals surface area contributed by atoms with Gasteiger partial charge in [-0.1, -0.05) is 30.3 Å². The molecular formula is C17H15N3O. The Morgan fingerprint density at radius 3 is 2.57 bits per heavy atom. The molecule has 0 saturated heterocycles. The molecule has 0 fully saturated rings. The molecule has 2 aromatic carbocycles. The number of pyridine rings is 1. The fourth-order valence-corrected chi connectivity index (χ4v) is 2.20. The minimum Gasteiger partial charge on any atom is -0.456 e. The third-order valence-corrected chi connectivity index (χ3v) is 3.32. The Hall–Kier alpha value is -2.88. The number of rotatable bonds is 3. The molecule has 0 bridgehead atoms. The molecule has 0 aliphatic carbocycles. The minimum absolute atomic E-state index is 0.0585. The van der Waals surface area contributed by atoms with E-state index in [4.69, 9.17) is 15.9 Å². The van der Waals surface area contributed by atoms with Crippen LogP contribution in [-0.4, -0.2) is 10.8 Å². The van der Waals surface area contributed by atoms with E-state index in [0.717, 1.165) is 22.2 Å². The van der Waals surface area contributed by atoms with Crippen molar-refractivity contribution in [3.8, 4) is 11.5 Å². The molecule has 4 heteroatoms. The molecule has 0 atom stereocenters. The number of hydrogen-bond donors (Lipinski definition) is 2. The van der Waals surface area contributed by atoms with Gasteiger partial charge in [-0.2, -0.15) is 0 Å². The quantitative estimate of drug-likeness (QED) is 0.567. The van der Waals surface area contributed by atoms with Crippen LogP contribution in [0.3, 0.4) is 0 Å². The summed E-state index contributed by atoms with van der Waals surface area (Å²) in [6.45, 7) is 1.98. The lowest BCUT2D eigenvalue weighted by Crippen LogP contribution is -2.13. The smallest absolute Gasteiger partial charge is 0.149 e. The molecule has 0 spiro atoms. The van der Waals surface area contributed by atoms with Gasteiger partial charge in [0.2, 0.25) is 0 Å². The van der Waals surface area contributed by atoms with Crippen LogP contribution in [0.25, 0.3) is 10.9 Å². The van der Waals surface area contributed by atoms with Gasteiger partial charge >= 0.3 is 0 Å². The zero-order chi connectivity index (χ0) is 14.8. The topological polar surface area (TPSA) is 72.0 Å². The normalized spacial score (nSPS) is 10.5. The highest BCUT2D eigenvalue weighted by Crippen LogP contribution is 2.33. The molecule has 1 heterocycles. The lowest BCUT2D eigenvalue weighted by atomic mass is 10.1. The second kappa shape index (κ2) is 5.25. The molecule has 104 valence electrons. The third kappa shape index (κ3) is 2.43. The van der Waals surface area contributed by atoms with Crippen LogP contribution in [0.4, 0.5) is 0 Å². The molecule has 0 aliphatic heterocycles. The number of nitrogens with zero attached hydrogens (tertiary/aromatic N) is 1. The standard InChI is InChI=1S/C17H15N3O/c1-11-6-2-5-9-15(11)21-16-12-7-3-4-8-14(12)20-10-13(16)17(18)19/h2-10H,1H3,(H3,18,19). The SMILES string of the molecule is Cc1ccccc1Oc1c(C(=N)N)cnc2ccccc12. The Labute approximate surface area is 122 Å². The lowest BCUT2D eigenvalue weighted by molar-refractivity contribution is 0.483. The van der Waals surface area contributed by atoms with Crippen molar-refractivity contribution in [3.63, 3.8) is 0 Å². The summed E-state index contributed by atoms with van der Waals surface area (Å²) >= 11 is 0. The van der Waals surface area contributed by atoms with Gasteiger partial charge in [0.25, 0.3) is 0 Å². The molecular weight excluding hydrogens is 262 g/mol. The van der Waals surface area contributed by atoms with Gasteiger partial charge in [-0.3, -0.25) is 10.4 Å². The van der Waals surface area contributed by atoms with Crippen molar-refractivity contribution in [2.45, 2.75) is 6.92 Å². The third-order valence-electron chi connectivity index (χ3n) is 3.32. The van der Waals surface area contributed by atoms with Crippen LogP contribution < -0.4 is 10.5 Å². The Kier molecular flexibility index (Phi) is 3.28. The Balaban J connectivity index is 2.21. The van der Waals surface area contributed by atoms with E-state index in [1.54, 1.807) is 6.20 Å². The number of amidine groups is 1. The molecule has 0 aliphatic rings. The van der Waals surface area contributed by atoms with E-state index in [9.17, 15) is 0 Å². The highest BCUT2D eigenvalue weighted by atomic mass is 16.5. The lowest BCUT2D eigenvalue weighted by Gasteiger charge is -2.14. The van der Waals surface area contributed by atoms with Crippen LogP contribution >= 0.6 is 0 Å². The summed E-state index contributed by atoms with van der Waals surface area (Å²) in [6.07, 6.45) is 1.58. The number of nitrogen functional groups attached to an aromatic ring is 1. The van der Waals surface area contributed by atoms with Gasteiger partial charge in [0.1, 0.15) is 17.3 Å². The van der Waals surface area contributed by atoms with Crippen LogP contribution in [0.2, 0.25) is 0 Å². The Bertz CT molecular complexity index is 827. The van der Waals surface area contributed by atoms with Gasteiger partial charge in [0, 0.05) is 11.6 Å². The largest absolute Gasteiger partial charge is 0.456 e. The van der Waals surface area contributed by atoms with Crippen molar-refractivity contribution in [1.29, 1.82) is 5.41 Å². The first-order valence-electron chi connectivity index (χ1n) is 6.62. The number of aryl methyl sites for hydroxylation is 1. The molecule has 21 heavy (non-hydrogen) atoms. The molecule has 3 N–H and O–H groups in total. The summed E-state index contributed by atoms with van der Waals surface area (Å²) in [5, 5.41) is 8.57. The molecule has 0 unspecified atom stereocenters. The first-order chi connectivity index (χ1) is 10.2. The van der Waals surface area contributed by atoms with Crippen molar-refractivity contribution in [2.75, 3.05) is 0 Å². The summed E-state index contributed by atoms with van der Waals surface area (Å²) < 4.78 is 6.05. The molecule has 0 radical (unpaired) electrons. The monoisotopic (exact) mass is 277 g/mol. The molecule has 4 nitrogen and oxygen atoms in total. The van der Waals surface area contributed by atoms with E-state index >= 15 is 0 Å². The van der Waals surface area contributed by atoms with Crippen LogP contribution in [0.1, 0.15) is 11.1 Å². The first-order valence-corrected chi connectivity index (χ1v) is 6.62. The molecule has 1 aromatic heterocycles. The highest BCUT2D eigenvalue weighted by molar-refractivity contribution is 6.03. The van der Waals surface area contributed by atoms with Gasteiger partial charge in [0.15, 0.2) is 0 Å². The number of benzene rings is 2. The van der Waals surface area contributed by atoms with Crippen molar-refractivity contribution in [2.24, 2.45) is 5.73 Å². The van der Waals surface area contributed by atoms with E-state index < -0.39 is 0 Å². The zero-order valence-corrected chi connectivity index (χ0v) is 11.6. The van der Waals surface area contributed by atoms with Gasteiger partial charge in [-0.05, 0) is 30.7 Å². The van der Waals surface area contributed by atoms with Gasteiger partial charge in [0.05, 0.1) is 11.1 Å². The highest BCUT2D eigenvalue weighted by Gasteiger charge is 2.14. The van der Waals surface area contributed by atoms with Crippen LogP contribution in [0.5, 0.6) is 11.5 Å². The van der Waals surface area contributed by atoms with Gasteiger partial charge < -0.3 is 10.5 Å². The van der Waals surface area contributed by atoms with Crippen LogP contribution in [-0.2, 0) is 0 Å². The summed E-state index contributed by atoms with van der Waals surface area (Å²) in [5.41, 5.74) is 7.99. The van der Waals surface area contributed by atoms with Gasteiger partial charge in [-0.25, -0.2) is 0 Å². The molecule has 0 saturated carbocycles. The number of hydrogen-bond acceptors (Lipinski definition) is 3. The first kappa shape index (κ1) is 13.1. The maximum absolute atomic E-state index is 7.73. The van der Waals surface area contributed by atoms with Crippen molar-refractivity contribution >= 4 is 16.7 Å². The number of nitrogens with two attached hydrogens (primary N) is 1. The minimum atomic E-state index is -0.0585. The summed E-state index contributed by atoms with van der Waals surface area (Å²) in [7, 11) is 0.